The summed E-state index contributed by atoms with van der Waals surface area (Å²) in [5.41, 5.74) is 12.3. The zero-order chi connectivity index (χ0) is 13.0. The summed E-state index contributed by atoms with van der Waals surface area (Å²) in [5.74, 6) is 0. The molecule has 1 aromatic carbocycles. The summed E-state index contributed by atoms with van der Waals surface area (Å²) in [4.78, 5) is 14.4. The van der Waals surface area contributed by atoms with Crippen molar-refractivity contribution in [1.29, 1.82) is 0 Å². The van der Waals surface area contributed by atoms with Crippen LogP contribution in [0.15, 0.2) is 30.6 Å². The van der Waals surface area contributed by atoms with Crippen LogP contribution in [-0.2, 0) is 4.74 Å². The third kappa shape index (κ3) is 2.60. The lowest BCUT2D eigenvalue weighted by atomic mass is 10.1. The van der Waals surface area contributed by atoms with Crippen molar-refractivity contribution in [3.63, 3.8) is 0 Å². The van der Waals surface area contributed by atoms with Gasteiger partial charge in [-0.1, -0.05) is 6.07 Å². The van der Waals surface area contributed by atoms with Gasteiger partial charge in [-0.25, -0.2) is 4.79 Å². The summed E-state index contributed by atoms with van der Waals surface area (Å²) in [6.07, 6.45) is 2.67. The van der Waals surface area contributed by atoms with Crippen molar-refractivity contribution in [3.05, 3.63) is 30.6 Å². The number of carbonyl (C=O) groups excluding carboxylic acids is 1. The summed E-state index contributed by atoms with van der Waals surface area (Å²) in [6.45, 7) is 0.646. The van der Waals surface area contributed by atoms with Gasteiger partial charge in [-0.3, -0.25) is 4.98 Å². The lowest BCUT2D eigenvalue weighted by Gasteiger charge is -2.11. The number of primary amides is 1. The first kappa shape index (κ1) is 12.0. The number of anilines is 2. The van der Waals surface area contributed by atoms with Gasteiger partial charge in [0.15, 0.2) is 0 Å². The van der Waals surface area contributed by atoms with Crippen LogP contribution in [0.1, 0.15) is 0 Å². The molecule has 0 fully saturated rings. The molecule has 1 heterocycles. The monoisotopic (exact) mass is 246 g/mol. The van der Waals surface area contributed by atoms with Gasteiger partial charge >= 0.3 is 6.09 Å². The maximum absolute atomic E-state index is 10.4. The molecule has 2 aromatic rings. The Morgan fingerprint density at radius 3 is 3.00 bits per heavy atom. The molecule has 0 bridgehead atoms. The Bertz CT molecular complexity index is 571. The van der Waals surface area contributed by atoms with Crippen molar-refractivity contribution in [2.75, 3.05) is 24.2 Å². The van der Waals surface area contributed by atoms with E-state index in [-0.39, 0.29) is 6.61 Å². The van der Waals surface area contributed by atoms with Crippen LogP contribution in [0.5, 0.6) is 0 Å². The fraction of sp³-hybridized carbons (Fsp3) is 0.167. The average Bonchev–Trinajstić information content (AvgIpc) is 2.37. The van der Waals surface area contributed by atoms with Gasteiger partial charge in [0.05, 0.1) is 11.4 Å². The van der Waals surface area contributed by atoms with E-state index in [1.54, 1.807) is 12.4 Å². The zero-order valence-electron chi connectivity index (χ0n) is 9.72. The Kier molecular flexibility index (Phi) is 3.47. The summed E-state index contributed by atoms with van der Waals surface area (Å²) < 4.78 is 4.62. The van der Waals surface area contributed by atoms with E-state index in [0.29, 0.717) is 12.2 Å². The molecule has 0 saturated carbocycles. The lowest BCUT2D eigenvalue weighted by molar-refractivity contribution is 0.161. The van der Waals surface area contributed by atoms with E-state index in [9.17, 15) is 4.79 Å². The van der Waals surface area contributed by atoms with Gasteiger partial charge < -0.3 is 21.5 Å². The third-order valence-corrected chi connectivity index (χ3v) is 2.52. The van der Waals surface area contributed by atoms with Gasteiger partial charge in [0, 0.05) is 29.7 Å². The van der Waals surface area contributed by atoms with Crippen LogP contribution in [0.4, 0.5) is 16.2 Å². The van der Waals surface area contributed by atoms with Crippen LogP contribution in [0.3, 0.4) is 0 Å². The molecule has 6 heteroatoms. The first-order valence-corrected chi connectivity index (χ1v) is 5.47. The molecule has 1 aromatic heterocycles. The van der Waals surface area contributed by atoms with Crippen molar-refractivity contribution in [1.82, 2.24) is 4.98 Å². The molecule has 5 N–H and O–H groups in total. The number of amides is 1. The molecular formula is C12H14N4O2. The van der Waals surface area contributed by atoms with Crippen molar-refractivity contribution < 1.29 is 9.53 Å². The molecule has 0 aliphatic rings. The minimum Gasteiger partial charge on any atom is -0.448 e. The van der Waals surface area contributed by atoms with E-state index in [4.69, 9.17) is 11.5 Å². The molecule has 0 aliphatic carbocycles. The number of benzene rings is 1. The first-order valence-electron chi connectivity index (χ1n) is 5.47. The number of hydrogen-bond donors (Lipinski definition) is 3. The highest BCUT2D eigenvalue weighted by atomic mass is 16.5. The highest BCUT2D eigenvalue weighted by Crippen LogP contribution is 2.27. The van der Waals surface area contributed by atoms with E-state index in [2.05, 4.69) is 15.0 Å². The zero-order valence-corrected chi connectivity index (χ0v) is 9.72. The van der Waals surface area contributed by atoms with Crippen molar-refractivity contribution in [2.24, 2.45) is 5.73 Å². The van der Waals surface area contributed by atoms with Crippen molar-refractivity contribution in [2.45, 2.75) is 0 Å². The topological polar surface area (TPSA) is 103 Å². The Labute approximate surface area is 104 Å². The third-order valence-electron chi connectivity index (χ3n) is 2.52. The SMILES string of the molecule is NC(=O)OCCNc1ccc2cnccc2c1N. The van der Waals surface area contributed by atoms with Gasteiger partial charge in [-0.05, 0) is 12.1 Å². The number of fused-ring (bicyclic) bond motifs is 1. The fourth-order valence-corrected chi connectivity index (χ4v) is 1.68. The van der Waals surface area contributed by atoms with Gasteiger partial charge in [-0.15, -0.1) is 0 Å². The summed E-state index contributed by atoms with van der Waals surface area (Å²) >= 11 is 0. The number of hydrogen-bond acceptors (Lipinski definition) is 5. The predicted octanol–water partition coefficient (Wildman–Crippen LogP) is 1.32. The number of nitrogens with two attached hydrogens (primary N) is 2. The van der Waals surface area contributed by atoms with Crippen LogP contribution in [-0.4, -0.2) is 24.2 Å². The quantitative estimate of drug-likeness (QED) is 0.557. The number of aromatic nitrogens is 1. The molecule has 0 spiro atoms. The number of ether oxygens (including phenoxy) is 1. The van der Waals surface area contributed by atoms with E-state index >= 15 is 0 Å². The Morgan fingerprint density at radius 1 is 1.39 bits per heavy atom. The Hall–Kier alpha value is -2.50. The van der Waals surface area contributed by atoms with Crippen LogP contribution >= 0.6 is 0 Å². The normalized spacial score (nSPS) is 10.2. The van der Waals surface area contributed by atoms with Crippen LogP contribution in [0, 0.1) is 0 Å². The number of nitrogens with one attached hydrogen (secondary N) is 1. The number of pyridine rings is 1. The van der Waals surface area contributed by atoms with E-state index in [0.717, 1.165) is 16.5 Å². The van der Waals surface area contributed by atoms with Crippen molar-refractivity contribution >= 4 is 28.2 Å². The molecule has 2 rings (SSSR count). The molecule has 0 aliphatic heterocycles. The standard InChI is InChI=1S/C12H14N4O2/c13-11-9-3-4-15-7-8(9)1-2-10(11)16-5-6-18-12(14)17/h1-4,7,16H,5-6,13H2,(H2,14,17). The number of carbonyl (C=O) groups is 1. The molecule has 0 unspecified atom stereocenters. The summed E-state index contributed by atoms with van der Waals surface area (Å²) in [5, 5.41) is 5.00. The van der Waals surface area contributed by atoms with Gasteiger partial charge in [-0.2, -0.15) is 0 Å². The smallest absolute Gasteiger partial charge is 0.404 e. The van der Waals surface area contributed by atoms with Crippen LogP contribution in [0.25, 0.3) is 10.8 Å². The van der Waals surface area contributed by atoms with E-state index in [1.807, 2.05) is 18.2 Å². The largest absolute Gasteiger partial charge is 0.448 e. The Morgan fingerprint density at radius 2 is 2.22 bits per heavy atom. The molecule has 18 heavy (non-hydrogen) atoms. The second kappa shape index (κ2) is 5.22. The highest BCUT2D eigenvalue weighted by molar-refractivity contribution is 5.98. The number of rotatable bonds is 4. The maximum Gasteiger partial charge on any atom is 0.404 e. The average molecular weight is 246 g/mol. The predicted molar refractivity (Wildman–Crippen MR) is 70.2 cm³/mol. The van der Waals surface area contributed by atoms with Crippen LogP contribution in [0.2, 0.25) is 0 Å². The molecule has 1 amide bonds. The van der Waals surface area contributed by atoms with Crippen LogP contribution < -0.4 is 16.8 Å². The number of nitrogens with zero attached hydrogens (tertiary/aromatic N) is 1. The molecule has 0 radical (unpaired) electrons. The second-order valence-electron chi connectivity index (χ2n) is 3.72. The second-order valence-corrected chi connectivity index (χ2v) is 3.72. The molecule has 0 atom stereocenters. The molecule has 94 valence electrons. The fourth-order valence-electron chi connectivity index (χ4n) is 1.68. The summed E-state index contributed by atoms with van der Waals surface area (Å²) in [7, 11) is 0. The number of nitrogen functional groups attached to an aromatic ring is 1. The first-order chi connectivity index (χ1) is 8.68. The van der Waals surface area contributed by atoms with Gasteiger partial charge in [0.25, 0.3) is 0 Å². The van der Waals surface area contributed by atoms with E-state index < -0.39 is 6.09 Å². The Balaban J connectivity index is 2.09. The minimum absolute atomic E-state index is 0.198. The minimum atomic E-state index is -0.783. The lowest BCUT2D eigenvalue weighted by Crippen LogP contribution is -2.18. The summed E-state index contributed by atoms with van der Waals surface area (Å²) in [6, 6.07) is 5.65. The van der Waals surface area contributed by atoms with Crippen molar-refractivity contribution in [3.8, 4) is 0 Å². The molecular weight excluding hydrogens is 232 g/mol. The maximum atomic E-state index is 10.4. The van der Waals surface area contributed by atoms with E-state index in [1.165, 1.54) is 0 Å². The van der Waals surface area contributed by atoms with Gasteiger partial charge in [0.1, 0.15) is 6.61 Å². The molecule has 6 nitrogen and oxygen atoms in total. The highest BCUT2D eigenvalue weighted by Gasteiger charge is 2.03. The molecule has 0 saturated heterocycles. The van der Waals surface area contributed by atoms with Gasteiger partial charge in [0.2, 0.25) is 0 Å².